The van der Waals surface area contributed by atoms with Gasteiger partial charge in [-0.05, 0) is 12.5 Å². The van der Waals surface area contributed by atoms with Gasteiger partial charge < -0.3 is 4.74 Å². The van der Waals surface area contributed by atoms with Crippen LogP contribution in [-0.4, -0.2) is 19.4 Å². The molecule has 102 valence electrons. The van der Waals surface area contributed by atoms with Gasteiger partial charge >= 0.3 is 0 Å². The molecule has 0 bridgehead atoms. The first-order valence-electron chi connectivity index (χ1n) is 5.17. The Hall–Kier alpha value is -2.18. The molecule has 0 fully saturated rings. The molecule has 0 aliphatic rings. The van der Waals surface area contributed by atoms with Crippen LogP contribution in [0, 0.1) is 21.4 Å². The number of nitro benzene ring substituents is 1. The molecular weight excluding hydrogens is 274 g/mol. The minimum atomic E-state index is -4.19. The van der Waals surface area contributed by atoms with E-state index in [-0.39, 0.29) is 5.75 Å². The van der Waals surface area contributed by atoms with Crippen LogP contribution in [0.4, 0.5) is 5.69 Å². The van der Waals surface area contributed by atoms with Crippen LogP contribution in [0.15, 0.2) is 23.1 Å². The Kier molecular flexibility index (Phi) is 4.42. The minimum Gasteiger partial charge on any atom is -0.474 e. The zero-order valence-electron chi connectivity index (χ0n) is 9.94. The molecule has 0 saturated heterocycles. The maximum Gasteiger partial charge on any atom is 0.271 e. The van der Waals surface area contributed by atoms with Gasteiger partial charge in [0.15, 0.2) is 6.10 Å². The van der Waals surface area contributed by atoms with Gasteiger partial charge in [0, 0.05) is 12.1 Å². The van der Waals surface area contributed by atoms with Gasteiger partial charge in [-0.2, -0.15) is 5.26 Å². The number of hydrogen-bond acceptors (Lipinski definition) is 6. The maximum absolute atomic E-state index is 11.4. The first kappa shape index (κ1) is 14.9. The summed E-state index contributed by atoms with van der Waals surface area (Å²) in [7, 11) is -4.19. The summed E-state index contributed by atoms with van der Waals surface area (Å²) in [6, 6.07) is 4.81. The van der Waals surface area contributed by atoms with Crippen molar-refractivity contribution < 1.29 is 18.1 Å². The quantitative estimate of drug-likeness (QED) is 0.631. The smallest absolute Gasteiger partial charge is 0.271 e. The molecule has 8 nitrogen and oxygen atoms in total. The molecular formula is C10H11N3O5S. The van der Waals surface area contributed by atoms with E-state index in [0.717, 1.165) is 18.2 Å². The summed E-state index contributed by atoms with van der Waals surface area (Å²) < 4.78 is 27.9. The van der Waals surface area contributed by atoms with E-state index in [0.29, 0.717) is 6.42 Å². The Morgan fingerprint density at radius 1 is 1.58 bits per heavy atom. The van der Waals surface area contributed by atoms with Crippen molar-refractivity contribution in [3.8, 4) is 11.8 Å². The molecule has 2 N–H and O–H groups in total. The highest BCUT2D eigenvalue weighted by molar-refractivity contribution is 7.89. The molecule has 0 saturated carbocycles. The summed E-state index contributed by atoms with van der Waals surface area (Å²) in [5.41, 5.74) is -0.429. The molecule has 0 aromatic heterocycles. The normalized spacial score (nSPS) is 12.5. The summed E-state index contributed by atoms with van der Waals surface area (Å²) >= 11 is 0. The van der Waals surface area contributed by atoms with Gasteiger partial charge in [0.1, 0.15) is 16.7 Å². The standard InChI is InChI=1S/C10H11N3O5S/c1-2-8(6-11)18-9-4-3-7(13(14)15)5-10(9)19(12,16)17/h3-5,8H,2H2,1H3,(H2,12,16,17). The number of non-ortho nitro benzene ring substituents is 1. The third-order valence-electron chi connectivity index (χ3n) is 2.23. The monoisotopic (exact) mass is 285 g/mol. The lowest BCUT2D eigenvalue weighted by molar-refractivity contribution is -0.385. The number of rotatable bonds is 5. The number of sulfonamides is 1. The highest BCUT2D eigenvalue weighted by Crippen LogP contribution is 2.28. The van der Waals surface area contributed by atoms with Crippen molar-refractivity contribution in [3.63, 3.8) is 0 Å². The van der Waals surface area contributed by atoms with Crippen LogP contribution < -0.4 is 9.88 Å². The predicted octanol–water partition coefficient (Wildman–Crippen LogP) is 0.923. The van der Waals surface area contributed by atoms with Crippen molar-refractivity contribution in [2.45, 2.75) is 24.3 Å². The van der Waals surface area contributed by atoms with Gasteiger partial charge in [-0.3, -0.25) is 10.1 Å². The van der Waals surface area contributed by atoms with E-state index in [1.165, 1.54) is 0 Å². The molecule has 0 heterocycles. The van der Waals surface area contributed by atoms with E-state index >= 15 is 0 Å². The third kappa shape index (κ3) is 3.64. The molecule has 0 amide bonds. The second-order valence-electron chi connectivity index (χ2n) is 3.58. The molecule has 0 radical (unpaired) electrons. The zero-order chi connectivity index (χ0) is 14.6. The Labute approximate surface area is 109 Å². The molecule has 9 heteroatoms. The lowest BCUT2D eigenvalue weighted by Gasteiger charge is -2.13. The van der Waals surface area contributed by atoms with Gasteiger partial charge in [0.25, 0.3) is 5.69 Å². The SMILES string of the molecule is CCC(C#N)Oc1ccc([N+](=O)[O-])cc1S(N)(=O)=O. The van der Waals surface area contributed by atoms with Crippen molar-refractivity contribution in [2.75, 3.05) is 0 Å². The third-order valence-corrected chi connectivity index (χ3v) is 3.16. The van der Waals surface area contributed by atoms with Gasteiger partial charge in [-0.15, -0.1) is 0 Å². The maximum atomic E-state index is 11.4. The summed E-state index contributed by atoms with van der Waals surface area (Å²) in [6.45, 7) is 1.68. The van der Waals surface area contributed by atoms with Crippen LogP contribution in [-0.2, 0) is 10.0 Å². The van der Waals surface area contributed by atoms with E-state index in [4.69, 9.17) is 15.1 Å². The molecule has 1 aromatic carbocycles. The average molecular weight is 285 g/mol. The molecule has 0 aliphatic carbocycles. The Morgan fingerprint density at radius 2 is 2.21 bits per heavy atom. The van der Waals surface area contributed by atoms with Crippen LogP contribution in [0.2, 0.25) is 0 Å². The Morgan fingerprint density at radius 3 is 2.63 bits per heavy atom. The summed E-state index contributed by atoms with van der Waals surface area (Å²) in [5.74, 6) is -0.179. The van der Waals surface area contributed by atoms with Crippen molar-refractivity contribution in [2.24, 2.45) is 5.14 Å². The Bertz CT molecular complexity index is 635. The molecule has 1 rings (SSSR count). The van der Waals surface area contributed by atoms with Gasteiger partial charge in [0.2, 0.25) is 10.0 Å². The lowest BCUT2D eigenvalue weighted by Crippen LogP contribution is -2.18. The molecule has 1 atom stereocenters. The molecule has 19 heavy (non-hydrogen) atoms. The number of primary sulfonamides is 1. The number of ether oxygens (including phenoxy) is 1. The number of benzene rings is 1. The summed E-state index contributed by atoms with van der Waals surface area (Å²) in [4.78, 5) is 9.33. The molecule has 1 aromatic rings. The molecule has 0 spiro atoms. The van der Waals surface area contributed by atoms with Crippen LogP contribution in [0.1, 0.15) is 13.3 Å². The zero-order valence-corrected chi connectivity index (χ0v) is 10.8. The number of nitrogens with zero attached hydrogens (tertiary/aromatic N) is 2. The summed E-state index contributed by atoms with van der Waals surface area (Å²) in [6.07, 6.45) is -0.528. The predicted molar refractivity (Wildman–Crippen MR) is 64.8 cm³/mol. The second-order valence-corrected chi connectivity index (χ2v) is 5.11. The van der Waals surface area contributed by atoms with Crippen LogP contribution in [0.5, 0.6) is 5.75 Å². The Balaban J connectivity index is 3.33. The molecule has 1 unspecified atom stereocenters. The average Bonchev–Trinajstić information content (AvgIpc) is 2.34. The fourth-order valence-electron chi connectivity index (χ4n) is 1.28. The fraction of sp³-hybridized carbons (Fsp3) is 0.300. The van der Waals surface area contributed by atoms with E-state index in [9.17, 15) is 18.5 Å². The minimum absolute atomic E-state index is 0.179. The van der Waals surface area contributed by atoms with E-state index in [2.05, 4.69) is 0 Å². The fourth-order valence-corrected chi connectivity index (χ4v) is 1.97. The van der Waals surface area contributed by atoms with Crippen molar-refractivity contribution in [1.82, 2.24) is 0 Å². The van der Waals surface area contributed by atoms with Gasteiger partial charge in [0.05, 0.1) is 4.92 Å². The van der Waals surface area contributed by atoms with Crippen LogP contribution in [0.25, 0.3) is 0 Å². The van der Waals surface area contributed by atoms with Gasteiger partial charge in [-0.1, -0.05) is 6.92 Å². The van der Waals surface area contributed by atoms with Crippen molar-refractivity contribution >= 4 is 15.7 Å². The van der Waals surface area contributed by atoms with Crippen LogP contribution >= 0.6 is 0 Å². The van der Waals surface area contributed by atoms with E-state index < -0.39 is 31.6 Å². The number of nitrogens with two attached hydrogens (primary N) is 1. The summed E-state index contributed by atoms with van der Waals surface area (Å²) in [5, 5.41) is 24.3. The molecule has 0 aliphatic heterocycles. The van der Waals surface area contributed by atoms with Gasteiger partial charge in [-0.25, -0.2) is 13.6 Å². The highest BCUT2D eigenvalue weighted by Gasteiger charge is 2.21. The first-order chi connectivity index (χ1) is 8.79. The number of hydrogen-bond donors (Lipinski definition) is 1. The number of nitro groups is 1. The van der Waals surface area contributed by atoms with Crippen LogP contribution in [0.3, 0.4) is 0 Å². The van der Waals surface area contributed by atoms with E-state index in [1.807, 2.05) is 6.07 Å². The first-order valence-corrected chi connectivity index (χ1v) is 6.71. The number of nitriles is 1. The largest absolute Gasteiger partial charge is 0.474 e. The van der Waals surface area contributed by atoms with E-state index in [1.54, 1.807) is 6.92 Å². The highest BCUT2D eigenvalue weighted by atomic mass is 32.2. The lowest BCUT2D eigenvalue weighted by atomic mass is 10.3. The second kappa shape index (κ2) is 5.64. The van der Waals surface area contributed by atoms with Crippen molar-refractivity contribution in [3.05, 3.63) is 28.3 Å². The topological polar surface area (TPSA) is 136 Å². The van der Waals surface area contributed by atoms with Crippen molar-refractivity contribution in [1.29, 1.82) is 5.26 Å².